The molecule has 0 amide bonds. The fourth-order valence-corrected chi connectivity index (χ4v) is 5.57. The van der Waals surface area contributed by atoms with E-state index in [9.17, 15) is 21.6 Å². The smallest absolute Gasteiger partial charge is 0.406 e. The Labute approximate surface area is 227 Å². The van der Waals surface area contributed by atoms with Crippen molar-refractivity contribution in [3.8, 4) is 17.6 Å². The van der Waals surface area contributed by atoms with Gasteiger partial charge in [-0.3, -0.25) is 0 Å². The molecule has 1 N–H and O–H groups in total. The van der Waals surface area contributed by atoms with Crippen LogP contribution in [0.3, 0.4) is 0 Å². The number of methoxy groups -OCH3 is 1. The maximum absolute atomic E-state index is 13.6. The van der Waals surface area contributed by atoms with Crippen LogP contribution in [0, 0.1) is 11.8 Å². The summed E-state index contributed by atoms with van der Waals surface area (Å²) in [4.78, 5) is 4.58. The number of rotatable bonds is 7. The van der Waals surface area contributed by atoms with Crippen LogP contribution in [0.5, 0.6) is 5.75 Å². The molecule has 0 aliphatic carbocycles. The van der Waals surface area contributed by atoms with Gasteiger partial charge in [-0.25, -0.2) is 8.42 Å². The van der Waals surface area contributed by atoms with E-state index in [0.717, 1.165) is 43.3 Å². The first-order valence-corrected chi connectivity index (χ1v) is 14.5. The summed E-state index contributed by atoms with van der Waals surface area (Å²) in [5.41, 5.74) is 2.17. The van der Waals surface area contributed by atoms with Crippen molar-refractivity contribution in [3.05, 3.63) is 48.2 Å². The van der Waals surface area contributed by atoms with E-state index in [1.807, 2.05) is 13.1 Å². The van der Waals surface area contributed by atoms with E-state index in [0.29, 0.717) is 23.0 Å². The molecule has 1 aliphatic rings. The van der Waals surface area contributed by atoms with Gasteiger partial charge in [-0.15, -0.1) is 0 Å². The van der Waals surface area contributed by atoms with E-state index in [4.69, 9.17) is 4.74 Å². The van der Waals surface area contributed by atoms with Gasteiger partial charge in [0.25, 0.3) is 0 Å². The number of likely N-dealkylation sites (tertiary alicyclic amines) is 1. The second-order valence-corrected chi connectivity index (χ2v) is 11.9. The molecule has 3 aromatic rings. The summed E-state index contributed by atoms with van der Waals surface area (Å²) in [6, 6.07) is 11.9. The van der Waals surface area contributed by atoms with E-state index < -0.39 is 22.6 Å². The Kier molecular flexibility index (Phi) is 8.37. The van der Waals surface area contributed by atoms with E-state index in [1.165, 1.54) is 23.8 Å². The number of ether oxygens (including phenoxy) is 1. The molecule has 7 nitrogen and oxygen atoms in total. The number of piperidine rings is 1. The molecule has 2 heterocycles. The Hall–Kier alpha value is -3.36. The number of hydrogen-bond acceptors (Lipinski definition) is 6. The quantitative estimate of drug-likeness (QED) is 0.425. The first-order chi connectivity index (χ1) is 18.4. The Bertz CT molecular complexity index is 1500. The standard InChI is InChI=1S/C28H33F3N4O3S/c1-33-15-12-20(13-16-33)34(2)25-8-5-9-26-23(25)17-21(35(26)19-28(29,30)31)7-6-14-32-24-11-10-22(39(4,36)37)18-27(24)38-3/h5,8-11,17-18,20,32H,12-16,19H2,1-4H3. The van der Waals surface area contributed by atoms with Gasteiger partial charge in [0.2, 0.25) is 0 Å². The third kappa shape index (κ3) is 6.81. The van der Waals surface area contributed by atoms with Crippen LogP contribution in [0.2, 0.25) is 0 Å². The van der Waals surface area contributed by atoms with Crippen LogP contribution >= 0.6 is 0 Å². The molecule has 4 rings (SSSR count). The third-order valence-electron chi connectivity index (χ3n) is 7.06. The number of benzene rings is 2. The monoisotopic (exact) mass is 562 g/mol. The summed E-state index contributed by atoms with van der Waals surface area (Å²) in [6.45, 7) is 0.928. The average Bonchev–Trinajstić information content (AvgIpc) is 3.21. The zero-order valence-electron chi connectivity index (χ0n) is 22.5. The minimum atomic E-state index is -4.41. The lowest BCUT2D eigenvalue weighted by Gasteiger charge is -2.36. The normalized spacial score (nSPS) is 15.2. The summed E-state index contributed by atoms with van der Waals surface area (Å²) < 4.78 is 70.9. The van der Waals surface area contributed by atoms with Crippen LogP contribution in [0.25, 0.3) is 10.9 Å². The van der Waals surface area contributed by atoms with Crippen molar-refractivity contribution in [1.29, 1.82) is 0 Å². The van der Waals surface area contributed by atoms with Crippen LogP contribution in [-0.2, 0) is 16.4 Å². The first kappa shape index (κ1) is 28.6. The molecule has 11 heteroatoms. The van der Waals surface area contributed by atoms with Crippen molar-refractivity contribution < 1.29 is 26.3 Å². The number of aromatic nitrogens is 1. The highest BCUT2D eigenvalue weighted by Crippen LogP contribution is 2.34. The second kappa shape index (κ2) is 11.4. The Morgan fingerprint density at radius 2 is 1.87 bits per heavy atom. The van der Waals surface area contributed by atoms with Crippen molar-refractivity contribution in [2.45, 2.75) is 36.5 Å². The number of anilines is 2. The molecule has 0 saturated carbocycles. The molecule has 0 spiro atoms. The molecular weight excluding hydrogens is 529 g/mol. The van der Waals surface area contributed by atoms with Crippen molar-refractivity contribution in [2.24, 2.45) is 0 Å². The number of nitrogens with one attached hydrogen (secondary N) is 1. The first-order valence-electron chi connectivity index (χ1n) is 12.6. The van der Waals surface area contributed by atoms with Crippen LogP contribution in [0.15, 0.2) is 47.4 Å². The molecule has 2 aromatic carbocycles. The van der Waals surface area contributed by atoms with E-state index in [-0.39, 0.29) is 17.1 Å². The Balaban J connectivity index is 1.63. The van der Waals surface area contributed by atoms with Crippen LogP contribution in [0.1, 0.15) is 18.5 Å². The van der Waals surface area contributed by atoms with Gasteiger partial charge in [-0.2, -0.15) is 13.2 Å². The predicted molar refractivity (Wildman–Crippen MR) is 148 cm³/mol. The number of sulfone groups is 1. The van der Waals surface area contributed by atoms with Crippen molar-refractivity contribution >= 4 is 32.1 Å². The topological polar surface area (TPSA) is 66.8 Å². The Morgan fingerprint density at radius 1 is 1.15 bits per heavy atom. The molecule has 1 aliphatic heterocycles. The Morgan fingerprint density at radius 3 is 2.51 bits per heavy atom. The van der Waals surface area contributed by atoms with Gasteiger partial charge in [-0.1, -0.05) is 12.0 Å². The SMILES string of the molecule is COc1cc(S(C)(=O)=O)ccc1NCC#Cc1cc2c(N(C)C3CCN(C)CC3)cccc2n1CC(F)(F)F. The van der Waals surface area contributed by atoms with Gasteiger partial charge in [0.1, 0.15) is 12.3 Å². The molecule has 39 heavy (non-hydrogen) atoms. The zero-order chi connectivity index (χ0) is 28.4. The van der Waals surface area contributed by atoms with Gasteiger partial charge in [-0.05, 0) is 69.2 Å². The molecule has 1 aromatic heterocycles. The van der Waals surface area contributed by atoms with Gasteiger partial charge in [0.15, 0.2) is 9.84 Å². The highest BCUT2D eigenvalue weighted by Gasteiger charge is 2.30. The van der Waals surface area contributed by atoms with Crippen LogP contribution < -0.4 is 15.0 Å². The maximum atomic E-state index is 13.6. The average molecular weight is 563 g/mol. The van der Waals surface area contributed by atoms with Crippen molar-refractivity contribution in [1.82, 2.24) is 9.47 Å². The fraction of sp³-hybridized carbons (Fsp3) is 0.429. The minimum absolute atomic E-state index is 0.116. The molecular formula is C28H33F3N4O3S. The zero-order valence-corrected chi connectivity index (χ0v) is 23.3. The molecule has 1 fully saturated rings. The van der Waals surface area contributed by atoms with Gasteiger partial charge in [0, 0.05) is 36.5 Å². The number of fused-ring (bicyclic) bond motifs is 1. The molecule has 0 radical (unpaired) electrons. The highest BCUT2D eigenvalue weighted by molar-refractivity contribution is 7.90. The predicted octanol–water partition coefficient (Wildman–Crippen LogP) is 4.61. The molecule has 0 atom stereocenters. The van der Waals surface area contributed by atoms with Crippen molar-refractivity contribution in [2.75, 3.05) is 57.3 Å². The number of nitrogens with zero attached hydrogens (tertiary/aromatic N) is 3. The fourth-order valence-electron chi connectivity index (χ4n) is 4.93. The number of hydrogen-bond donors (Lipinski definition) is 1. The van der Waals surface area contributed by atoms with Crippen LogP contribution in [-0.4, -0.2) is 77.2 Å². The third-order valence-corrected chi connectivity index (χ3v) is 8.17. The summed E-state index contributed by atoms with van der Waals surface area (Å²) >= 11 is 0. The van der Waals surface area contributed by atoms with Crippen molar-refractivity contribution in [3.63, 3.8) is 0 Å². The highest BCUT2D eigenvalue weighted by atomic mass is 32.2. The molecule has 0 unspecified atom stereocenters. The molecule has 210 valence electrons. The summed E-state index contributed by atoms with van der Waals surface area (Å²) in [6.07, 6.45) is -1.33. The largest absolute Gasteiger partial charge is 0.495 e. The summed E-state index contributed by atoms with van der Waals surface area (Å²) in [7, 11) is 2.12. The van der Waals surface area contributed by atoms with E-state index in [1.54, 1.807) is 24.3 Å². The molecule has 1 saturated heterocycles. The van der Waals surface area contributed by atoms with Crippen LogP contribution in [0.4, 0.5) is 24.5 Å². The van der Waals surface area contributed by atoms with E-state index >= 15 is 0 Å². The minimum Gasteiger partial charge on any atom is -0.495 e. The number of alkyl halides is 3. The van der Waals surface area contributed by atoms with Gasteiger partial charge >= 0.3 is 6.18 Å². The summed E-state index contributed by atoms with van der Waals surface area (Å²) in [5, 5.41) is 3.79. The lowest BCUT2D eigenvalue weighted by Crippen LogP contribution is -2.42. The maximum Gasteiger partial charge on any atom is 0.406 e. The number of halogens is 3. The summed E-state index contributed by atoms with van der Waals surface area (Å²) in [5.74, 6) is 6.14. The lowest BCUT2D eigenvalue weighted by molar-refractivity contribution is -0.140. The van der Waals surface area contributed by atoms with E-state index in [2.05, 4.69) is 34.0 Å². The van der Waals surface area contributed by atoms with Gasteiger partial charge < -0.3 is 24.4 Å². The lowest BCUT2D eigenvalue weighted by atomic mass is 10.0. The van der Waals surface area contributed by atoms with Gasteiger partial charge in [0.05, 0.1) is 35.4 Å². The second-order valence-electron chi connectivity index (χ2n) is 9.88. The molecule has 0 bridgehead atoms.